The van der Waals surface area contributed by atoms with Gasteiger partial charge in [0, 0.05) is 30.7 Å². The Morgan fingerprint density at radius 3 is 2.61 bits per heavy atom. The summed E-state index contributed by atoms with van der Waals surface area (Å²) in [6.45, 7) is 1.61. The van der Waals surface area contributed by atoms with Gasteiger partial charge in [0.05, 0.1) is 12.7 Å². The van der Waals surface area contributed by atoms with E-state index in [1.54, 1.807) is 6.20 Å². The number of benzene rings is 1. The number of hydrogen-bond acceptors (Lipinski definition) is 3. The molecule has 0 aliphatic heterocycles. The second-order valence-corrected chi connectivity index (χ2v) is 3.98. The number of hydrogen-bond donors (Lipinski definition) is 0. The van der Waals surface area contributed by atoms with Gasteiger partial charge in [-0.05, 0) is 0 Å². The molecule has 0 radical (unpaired) electrons. The molecule has 5 nitrogen and oxygen atoms in total. The summed E-state index contributed by atoms with van der Waals surface area (Å²) in [5, 5.41) is 7.74. The first-order chi connectivity index (χ1) is 8.93. The van der Waals surface area contributed by atoms with E-state index in [-0.39, 0.29) is 0 Å². The summed E-state index contributed by atoms with van der Waals surface area (Å²) in [5.74, 6) is 0.982. The van der Waals surface area contributed by atoms with Crippen LogP contribution in [0.25, 0.3) is 11.4 Å². The van der Waals surface area contributed by atoms with E-state index in [0.717, 1.165) is 24.5 Å². The van der Waals surface area contributed by atoms with E-state index in [9.17, 15) is 0 Å². The zero-order valence-corrected chi connectivity index (χ0v) is 9.85. The summed E-state index contributed by atoms with van der Waals surface area (Å²) in [6.07, 6.45) is 7.36. The molecule has 0 aliphatic rings. The first-order valence-electron chi connectivity index (χ1n) is 5.84. The third-order valence-corrected chi connectivity index (χ3v) is 2.79. The van der Waals surface area contributed by atoms with Crippen molar-refractivity contribution in [2.24, 2.45) is 0 Å². The Kier molecular flexibility index (Phi) is 2.87. The lowest BCUT2D eigenvalue weighted by Gasteiger charge is -2.07. The van der Waals surface area contributed by atoms with Crippen molar-refractivity contribution < 1.29 is 0 Å². The number of aryl methyl sites for hydroxylation is 2. The van der Waals surface area contributed by atoms with Gasteiger partial charge in [-0.3, -0.25) is 4.68 Å². The molecular formula is C13H13N5. The van der Waals surface area contributed by atoms with Crippen molar-refractivity contribution in [2.75, 3.05) is 0 Å². The van der Waals surface area contributed by atoms with Crippen LogP contribution in [0.2, 0.25) is 0 Å². The minimum atomic E-state index is 0.788. The molecule has 0 unspecified atom stereocenters. The van der Waals surface area contributed by atoms with E-state index in [2.05, 4.69) is 32.0 Å². The fourth-order valence-electron chi connectivity index (χ4n) is 1.90. The van der Waals surface area contributed by atoms with Crippen LogP contribution in [0.3, 0.4) is 0 Å². The molecule has 0 N–H and O–H groups in total. The van der Waals surface area contributed by atoms with Gasteiger partial charge < -0.3 is 4.57 Å². The minimum Gasteiger partial charge on any atom is -0.329 e. The van der Waals surface area contributed by atoms with Gasteiger partial charge >= 0.3 is 0 Å². The Hall–Kier alpha value is -2.43. The molecule has 0 spiro atoms. The van der Waals surface area contributed by atoms with Crippen molar-refractivity contribution in [2.45, 2.75) is 13.1 Å². The number of aromatic nitrogens is 5. The van der Waals surface area contributed by atoms with Crippen molar-refractivity contribution in [3.05, 3.63) is 55.1 Å². The van der Waals surface area contributed by atoms with Gasteiger partial charge in [-0.2, -0.15) is 0 Å². The van der Waals surface area contributed by atoms with Gasteiger partial charge in [0.2, 0.25) is 0 Å². The van der Waals surface area contributed by atoms with Crippen molar-refractivity contribution in [1.82, 2.24) is 24.5 Å². The van der Waals surface area contributed by atoms with Gasteiger partial charge in [0.15, 0.2) is 0 Å². The van der Waals surface area contributed by atoms with Crippen molar-refractivity contribution in [1.29, 1.82) is 0 Å². The van der Waals surface area contributed by atoms with E-state index < -0.39 is 0 Å². The van der Waals surface area contributed by atoms with E-state index in [1.165, 1.54) is 0 Å². The summed E-state index contributed by atoms with van der Waals surface area (Å²) >= 11 is 0. The average molecular weight is 239 g/mol. The van der Waals surface area contributed by atoms with E-state index in [0.29, 0.717) is 0 Å². The van der Waals surface area contributed by atoms with Crippen LogP contribution < -0.4 is 0 Å². The van der Waals surface area contributed by atoms with Crippen LogP contribution in [-0.2, 0) is 13.1 Å². The molecule has 2 aromatic heterocycles. The number of nitrogens with zero attached hydrogens (tertiary/aromatic N) is 5. The standard InChI is InChI=1S/C13H13N5/c1-2-4-12(5-3-1)13-14-6-8-17(13)10-11-18-9-7-15-16-18/h1-9H,10-11H2. The lowest BCUT2D eigenvalue weighted by Crippen LogP contribution is -2.08. The maximum Gasteiger partial charge on any atom is 0.139 e. The predicted octanol–water partition coefficient (Wildman–Crippen LogP) is 1.84. The van der Waals surface area contributed by atoms with E-state index >= 15 is 0 Å². The fraction of sp³-hybridized carbons (Fsp3) is 0.154. The molecule has 0 aliphatic carbocycles. The summed E-state index contributed by atoms with van der Waals surface area (Å²) in [6, 6.07) is 10.2. The highest BCUT2D eigenvalue weighted by molar-refractivity contribution is 5.54. The van der Waals surface area contributed by atoms with E-state index in [1.807, 2.05) is 41.5 Å². The normalized spacial score (nSPS) is 10.7. The lowest BCUT2D eigenvalue weighted by atomic mass is 10.2. The molecule has 1 aromatic carbocycles. The van der Waals surface area contributed by atoms with Gasteiger partial charge in [-0.15, -0.1) is 5.10 Å². The first-order valence-corrected chi connectivity index (χ1v) is 5.84. The van der Waals surface area contributed by atoms with Crippen LogP contribution in [0.4, 0.5) is 0 Å². The molecule has 3 rings (SSSR count). The third-order valence-electron chi connectivity index (χ3n) is 2.79. The molecule has 0 saturated carbocycles. The summed E-state index contributed by atoms with van der Waals surface area (Å²) in [5.41, 5.74) is 1.13. The maximum atomic E-state index is 4.40. The molecule has 90 valence electrons. The van der Waals surface area contributed by atoms with E-state index in [4.69, 9.17) is 0 Å². The minimum absolute atomic E-state index is 0.788. The highest BCUT2D eigenvalue weighted by atomic mass is 15.4. The monoisotopic (exact) mass is 239 g/mol. The molecule has 0 fully saturated rings. The highest BCUT2D eigenvalue weighted by Crippen LogP contribution is 2.16. The first kappa shape index (κ1) is 10.7. The molecule has 2 heterocycles. The average Bonchev–Trinajstić information content (AvgIpc) is 3.09. The zero-order valence-electron chi connectivity index (χ0n) is 9.85. The van der Waals surface area contributed by atoms with Gasteiger partial charge in [-0.25, -0.2) is 4.98 Å². The smallest absolute Gasteiger partial charge is 0.139 e. The third kappa shape index (κ3) is 2.15. The second-order valence-electron chi connectivity index (χ2n) is 3.98. The quantitative estimate of drug-likeness (QED) is 0.698. The molecule has 18 heavy (non-hydrogen) atoms. The molecule has 0 bridgehead atoms. The zero-order chi connectivity index (χ0) is 12.2. The summed E-state index contributed by atoms with van der Waals surface area (Å²) < 4.78 is 3.94. The Morgan fingerprint density at radius 2 is 1.83 bits per heavy atom. The van der Waals surface area contributed by atoms with Gasteiger partial charge in [0.1, 0.15) is 5.82 Å². The topological polar surface area (TPSA) is 48.5 Å². The van der Waals surface area contributed by atoms with Crippen LogP contribution in [0.1, 0.15) is 0 Å². The number of imidazole rings is 1. The van der Waals surface area contributed by atoms with Crippen LogP contribution in [-0.4, -0.2) is 24.5 Å². The SMILES string of the molecule is c1ccc(-c2nccn2CCn2ccnn2)cc1. The Morgan fingerprint density at radius 1 is 0.944 bits per heavy atom. The van der Waals surface area contributed by atoms with Crippen molar-refractivity contribution in [3.8, 4) is 11.4 Å². The van der Waals surface area contributed by atoms with Crippen LogP contribution in [0.15, 0.2) is 55.1 Å². The summed E-state index contributed by atoms with van der Waals surface area (Å²) in [7, 11) is 0. The van der Waals surface area contributed by atoms with Crippen LogP contribution >= 0.6 is 0 Å². The number of rotatable bonds is 4. The molecule has 0 atom stereocenters. The molecule has 3 aromatic rings. The molecular weight excluding hydrogens is 226 g/mol. The van der Waals surface area contributed by atoms with Crippen LogP contribution in [0, 0.1) is 0 Å². The highest BCUT2D eigenvalue weighted by Gasteiger charge is 2.05. The van der Waals surface area contributed by atoms with Gasteiger partial charge in [-0.1, -0.05) is 35.5 Å². The Labute approximate surface area is 105 Å². The second kappa shape index (κ2) is 4.83. The van der Waals surface area contributed by atoms with Crippen molar-refractivity contribution in [3.63, 3.8) is 0 Å². The predicted molar refractivity (Wildman–Crippen MR) is 67.7 cm³/mol. The maximum absolute atomic E-state index is 4.40. The summed E-state index contributed by atoms with van der Waals surface area (Å²) in [4.78, 5) is 4.40. The molecule has 0 saturated heterocycles. The molecule has 0 amide bonds. The Bertz CT molecular complexity index is 597. The molecule has 5 heteroatoms. The van der Waals surface area contributed by atoms with Crippen LogP contribution in [0.5, 0.6) is 0 Å². The fourth-order valence-corrected chi connectivity index (χ4v) is 1.90. The Balaban J connectivity index is 1.80. The van der Waals surface area contributed by atoms with Crippen molar-refractivity contribution >= 4 is 0 Å². The largest absolute Gasteiger partial charge is 0.329 e. The lowest BCUT2D eigenvalue weighted by molar-refractivity contribution is 0.521. The van der Waals surface area contributed by atoms with Gasteiger partial charge in [0.25, 0.3) is 0 Å².